The van der Waals surface area contributed by atoms with E-state index in [4.69, 9.17) is 9.47 Å². The van der Waals surface area contributed by atoms with Crippen molar-refractivity contribution in [3.8, 4) is 0 Å². The first kappa shape index (κ1) is 10.5. The van der Waals surface area contributed by atoms with Crippen molar-refractivity contribution >= 4 is 5.78 Å². The van der Waals surface area contributed by atoms with E-state index in [1.165, 1.54) is 5.57 Å². The van der Waals surface area contributed by atoms with Gasteiger partial charge in [0.2, 0.25) is 0 Å². The molecule has 0 bridgehead atoms. The third-order valence-corrected chi connectivity index (χ3v) is 4.15. The van der Waals surface area contributed by atoms with E-state index < -0.39 is 5.79 Å². The van der Waals surface area contributed by atoms with Gasteiger partial charge in [0.15, 0.2) is 5.79 Å². The van der Waals surface area contributed by atoms with Crippen LogP contribution in [0.15, 0.2) is 11.6 Å². The summed E-state index contributed by atoms with van der Waals surface area (Å²) in [5, 5.41) is 0. The van der Waals surface area contributed by atoms with Crippen LogP contribution in [0.5, 0.6) is 0 Å². The highest BCUT2D eigenvalue weighted by Gasteiger charge is 2.53. The first-order chi connectivity index (χ1) is 7.71. The lowest BCUT2D eigenvalue weighted by Crippen LogP contribution is -2.43. The average Bonchev–Trinajstić information content (AvgIpc) is 2.80. The average molecular weight is 222 g/mol. The van der Waals surface area contributed by atoms with Crippen molar-refractivity contribution in [1.29, 1.82) is 0 Å². The van der Waals surface area contributed by atoms with E-state index in [-0.39, 0.29) is 5.92 Å². The molecule has 88 valence electrons. The number of rotatable bonds is 0. The number of ether oxygens (including phenoxy) is 2. The molecule has 3 aliphatic rings. The third-order valence-electron chi connectivity index (χ3n) is 4.15. The van der Waals surface area contributed by atoms with Crippen molar-refractivity contribution in [3.05, 3.63) is 11.6 Å². The molecule has 0 aromatic rings. The normalized spacial score (nSPS) is 37.3. The van der Waals surface area contributed by atoms with E-state index >= 15 is 0 Å². The van der Waals surface area contributed by atoms with Crippen LogP contribution in [0.25, 0.3) is 0 Å². The second kappa shape index (κ2) is 3.67. The molecule has 1 heterocycles. The fraction of sp³-hybridized carbons (Fsp3) is 0.769. The fourth-order valence-electron chi connectivity index (χ4n) is 3.45. The van der Waals surface area contributed by atoms with Gasteiger partial charge in [0.1, 0.15) is 5.78 Å². The number of hydrogen-bond donors (Lipinski definition) is 0. The number of carbonyl (C=O) groups is 1. The molecule has 1 aliphatic heterocycles. The zero-order valence-corrected chi connectivity index (χ0v) is 9.70. The van der Waals surface area contributed by atoms with Crippen molar-refractivity contribution in [2.45, 2.75) is 38.4 Å². The molecule has 0 aromatic heterocycles. The standard InChI is InChI=1S/C13H18O3/c1-9-4-5-13(15-6-7-16-13)12-10(8-9)2-3-11(12)14/h4,10,12H,2-3,5-8H2,1H3/t10-,12-/m0/s1. The minimum absolute atomic E-state index is 0.0244. The molecular formula is C13H18O3. The smallest absolute Gasteiger partial charge is 0.181 e. The van der Waals surface area contributed by atoms with Gasteiger partial charge in [-0.2, -0.15) is 0 Å². The lowest BCUT2D eigenvalue weighted by atomic mass is 9.85. The zero-order valence-electron chi connectivity index (χ0n) is 9.70. The van der Waals surface area contributed by atoms with Gasteiger partial charge >= 0.3 is 0 Å². The van der Waals surface area contributed by atoms with Crippen LogP contribution in [0.3, 0.4) is 0 Å². The number of hydrogen-bond acceptors (Lipinski definition) is 3. The van der Waals surface area contributed by atoms with Crippen molar-refractivity contribution < 1.29 is 14.3 Å². The molecule has 2 aliphatic carbocycles. The monoisotopic (exact) mass is 222 g/mol. The Kier molecular flexibility index (Phi) is 2.41. The van der Waals surface area contributed by atoms with Gasteiger partial charge in [-0.3, -0.25) is 4.79 Å². The molecule has 0 amide bonds. The van der Waals surface area contributed by atoms with Crippen molar-refractivity contribution in [2.75, 3.05) is 13.2 Å². The van der Waals surface area contributed by atoms with Gasteiger partial charge in [0, 0.05) is 12.8 Å². The molecule has 3 heteroatoms. The van der Waals surface area contributed by atoms with Crippen LogP contribution in [0, 0.1) is 11.8 Å². The largest absolute Gasteiger partial charge is 0.346 e. The van der Waals surface area contributed by atoms with Gasteiger partial charge in [-0.05, 0) is 25.7 Å². The summed E-state index contributed by atoms with van der Waals surface area (Å²) in [5.74, 6) is 0.138. The lowest BCUT2D eigenvalue weighted by Gasteiger charge is -2.33. The van der Waals surface area contributed by atoms with Gasteiger partial charge in [0.25, 0.3) is 0 Å². The van der Waals surface area contributed by atoms with Crippen LogP contribution in [-0.2, 0) is 14.3 Å². The van der Waals surface area contributed by atoms with Crippen molar-refractivity contribution in [2.24, 2.45) is 11.8 Å². The van der Waals surface area contributed by atoms with E-state index in [9.17, 15) is 4.79 Å². The predicted octanol–water partition coefficient (Wildman–Crippen LogP) is 2.06. The summed E-state index contributed by atoms with van der Waals surface area (Å²) in [6, 6.07) is 0. The minimum atomic E-state index is -0.615. The lowest BCUT2D eigenvalue weighted by molar-refractivity contribution is -0.198. The molecule has 1 saturated carbocycles. The molecule has 16 heavy (non-hydrogen) atoms. The van der Waals surface area contributed by atoms with E-state index in [1.54, 1.807) is 0 Å². The number of Topliss-reactive ketones (excluding diaryl/α,β-unsaturated/α-hetero) is 1. The first-order valence-electron chi connectivity index (χ1n) is 6.17. The highest BCUT2D eigenvalue weighted by Crippen LogP contribution is 2.47. The molecule has 1 saturated heterocycles. The quantitative estimate of drug-likeness (QED) is 0.588. The van der Waals surface area contributed by atoms with Gasteiger partial charge in [-0.15, -0.1) is 0 Å². The number of fused-ring (bicyclic) bond motifs is 2. The van der Waals surface area contributed by atoms with Crippen LogP contribution in [-0.4, -0.2) is 24.8 Å². The number of allylic oxidation sites excluding steroid dienone is 1. The molecule has 0 N–H and O–H groups in total. The van der Waals surface area contributed by atoms with Crippen LogP contribution in [0.2, 0.25) is 0 Å². The minimum Gasteiger partial charge on any atom is -0.346 e. The summed E-state index contributed by atoms with van der Waals surface area (Å²) < 4.78 is 11.6. The Labute approximate surface area is 95.8 Å². The third kappa shape index (κ3) is 1.45. The summed E-state index contributed by atoms with van der Waals surface area (Å²) in [6.45, 7) is 3.40. The first-order valence-corrected chi connectivity index (χ1v) is 6.17. The van der Waals surface area contributed by atoms with E-state index in [0.29, 0.717) is 31.3 Å². The number of carbonyl (C=O) groups excluding carboxylic acids is 1. The Bertz CT molecular complexity index is 339. The van der Waals surface area contributed by atoms with E-state index in [1.807, 2.05) is 0 Å². The van der Waals surface area contributed by atoms with Crippen LogP contribution < -0.4 is 0 Å². The maximum absolute atomic E-state index is 12.0. The Hall–Kier alpha value is -0.670. The molecule has 2 fully saturated rings. The summed E-state index contributed by atoms with van der Waals surface area (Å²) in [7, 11) is 0. The van der Waals surface area contributed by atoms with Crippen LogP contribution >= 0.6 is 0 Å². The summed E-state index contributed by atoms with van der Waals surface area (Å²) in [5.41, 5.74) is 1.38. The summed E-state index contributed by atoms with van der Waals surface area (Å²) in [4.78, 5) is 12.0. The highest BCUT2D eigenvalue weighted by atomic mass is 16.7. The molecule has 2 atom stereocenters. The van der Waals surface area contributed by atoms with Gasteiger partial charge < -0.3 is 9.47 Å². The van der Waals surface area contributed by atoms with Crippen molar-refractivity contribution in [1.82, 2.24) is 0 Å². The summed E-state index contributed by atoms with van der Waals surface area (Å²) in [6.07, 6.45) is 5.67. The molecule has 1 spiro atoms. The Balaban J connectivity index is 1.98. The second-order valence-corrected chi connectivity index (χ2v) is 5.21. The molecule has 0 unspecified atom stereocenters. The molecule has 0 aromatic carbocycles. The Morgan fingerprint density at radius 3 is 2.88 bits per heavy atom. The molecule has 3 rings (SSSR count). The maximum atomic E-state index is 12.0. The second-order valence-electron chi connectivity index (χ2n) is 5.21. The predicted molar refractivity (Wildman–Crippen MR) is 58.8 cm³/mol. The van der Waals surface area contributed by atoms with Gasteiger partial charge in [0.05, 0.1) is 19.1 Å². The van der Waals surface area contributed by atoms with E-state index in [2.05, 4.69) is 13.0 Å². The SMILES string of the molecule is CC1=CCC2(OCCO2)[C@@H]2C(=O)CC[C@H]2C1. The van der Waals surface area contributed by atoms with Gasteiger partial charge in [-0.1, -0.05) is 11.6 Å². The summed E-state index contributed by atoms with van der Waals surface area (Å²) >= 11 is 0. The van der Waals surface area contributed by atoms with E-state index in [0.717, 1.165) is 19.3 Å². The molecule has 3 nitrogen and oxygen atoms in total. The Morgan fingerprint density at radius 2 is 2.12 bits per heavy atom. The van der Waals surface area contributed by atoms with Crippen molar-refractivity contribution in [3.63, 3.8) is 0 Å². The molecule has 0 radical (unpaired) electrons. The molecular weight excluding hydrogens is 204 g/mol. The Morgan fingerprint density at radius 1 is 1.38 bits per heavy atom. The topological polar surface area (TPSA) is 35.5 Å². The number of ketones is 1. The maximum Gasteiger partial charge on any atom is 0.181 e. The highest BCUT2D eigenvalue weighted by molar-refractivity contribution is 5.84. The van der Waals surface area contributed by atoms with Crippen LogP contribution in [0.4, 0.5) is 0 Å². The van der Waals surface area contributed by atoms with Gasteiger partial charge in [-0.25, -0.2) is 0 Å². The zero-order chi connectivity index (χ0) is 11.2. The van der Waals surface area contributed by atoms with Crippen LogP contribution in [0.1, 0.15) is 32.6 Å². The fourth-order valence-corrected chi connectivity index (χ4v) is 3.45.